The van der Waals surface area contributed by atoms with Crippen molar-refractivity contribution >= 4 is 38.9 Å². The molecular weight excluding hydrogens is 460 g/mol. The van der Waals surface area contributed by atoms with Crippen molar-refractivity contribution in [2.75, 3.05) is 13.1 Å². The van der Waals surface area contributed by atoms with Crippen LogP contribution in [0.25, 0.3) is 11.4 Å². The van der Waals surface area contributed by atoms with E-state index in [1.807, 2.05) is 17.5 Å². The number of sulfonamides is 1. The summed E-state index contributed by atoms with van der Waals surface area (Å²) in [5.41, 5.74) is 0.502. The second-order valence-electron chi connectivity index (χ2n) is 7.26. The number of nitrogens with one attached hydrogen (secondary N) is 1. The van der Waals surface area contributed by atoms with E-state index in [0.717, 1.165) is 4.88 Å². The molecular formula is C20H21ClN4O4S2. The van der Waals surface area contributed by atoms with Gasteiger partial charge >= 0.3 is 0 Å². The van der Waals surface area contributed by atoms with E-state index in [-0.39, 0.29) is 34.8 Å². The van der Waals surface area contributed by atoms with Crippen LogP contribution in [0.5, 0.6) is 0 Å². The summed E-state index contributed by atoms with van der Waals surface area (Å²) < 4.78 is 32.8. The first kappa shape index (κ1) is 21.9. The maximum atomic E-state index is 13.2. The van der Waals surface area contributed by atoms with E-state index in [1.54, 1.807) is 24.3 Å². The van der Waals surface area contributed by atoms with Crippen LogP contribution in [0.3, 0.4) is 0 Å². The Hall–Kier alpha value is -2.27. The molecule has 1 N–H and O–H groups in total. The number of rotatable bonds is 6. The number of halogens is 1. The van der Waals surface area contributed by atoms with Gasteiger partial charge in [0.2, 0.25) is 27.6 Å². The predicted molar refractivity (Wildman–Crippen MR) is 117 cm³/mol. The number of carbonyl (C=O) groups excluding carboxylic acids is 1. The van der Waals surface area contributed by atoms with Crippen molar-refractivity contribution in [1.82, 2.24) is 19.8 Å². The summed E-state index contributed by atoms with van der Waals surface area (Å²) in [5, 5.41) is 8.86. The van der Waals surface area contributed by atoms with Crippen LogP contribution >= 0.6 is 22.9 Å². The lowest BCUT2D eigenvalue weighted by molar-refractivity contribution is -0.126. The largest absolute Gasteiger partial charge is 0.351 e. The molecule has 31 heavy (non-hydrogen) atoms. The predicted octanol–water partition coefficient (Wildman–Crippen LogP) is 3.48. The van der Waals surface area contributed by atoms with Gasteiger partial charge in [-0.15, -0.1) is 11.3 Å². The van der Waals surface area contributed by atoms with Crippen LogP contribution in [0, 0.1) is 12.8 Å². The van der Waals surface area contributed by atoms with Gasteiger partial charge in [0.15, 0.2) is 0 Å². The molecule has 1 aliphatic heterocycles. The molecule has 4 rings (SSSR count). The Morgan fingerprint density at radius 3 is 2.74 bits per heavy atom. The maximum absolute atomic E-state index is 13.2. The fraction of sp³-hybridized carbons (Fsp3) is 0.350. The molecule has 3 aromatic rings. The van der Waals surface area contributed by atoms with Crippen molar-refractivity contribution in [2.24, 2.45) is 5.92 Å². The van der Waals surface area contributed by atoms with E-state index >= 15 is 0 Å². The van der Waals surface area contributed by atoms with Crippen molar-refractivity contribution in [1.29, 1.82) is 0 Å². The summed E-state index contributed by atoms with van der Waals surface area (Å²) in [6, 6.07) is 8.53. The van der Waals surface area contributed by atoms with E-state index in [1.165, 1.54) is 16.4 Å². The summed E-state index contributed by atoms with van der Waals surface area (Å²) >= 11 is 7.81. The number of benzene rings is 1. The van der Waals surface area contributed by atoms with Crippen LogP contribution in [0.2, 0.25) is 5.02 Å². The Bertz CT molecular complexity index is 1170. The number of nitrogens with zero attached hydrogens (tertiary/aromatic N) is 3. The van der Waals surface area contributed by atoms with Crippen LogP contribution in [-0.2, 0) is 21.4 Å². The summed E-state index contributed by atoms with van der Waals surface area (Å²) in [4.78, 5) is 17.7. The minimum Gasteiger partial charge on any atom is -0.351 e. The van der Waals surface area contributed by atoms with Gasteiger partial charge in [-0.3, -0.25) is 4.79 Å². The lowest BCUT2D eigenvalue weighted by Gasteiger charge is -2.30. The average molecular weight is 481 g/mol. The zero-order chi connectivity index (χ0) is 22.0. The fourth-order valence-electron chi connectivity index (χ4n) is 3.49. The number of thiophene rings is 1. The van der Waals surface area contributed by atoms with Crippen molar-refractivity contribution in [3.8, 4) is 11.4 Å². The van der Waals surface area contributed by atoms with Gasteiger partial charge in [0.1, 0.15) is 4.90 Å². The molecule has 1 aliphatic rings. The first-order chi connectivity index (χ1) is 14.8. The van der Waals surface area contributed by atoms with Gasteiger partial charge in [0, 0.05) is 36.4 Å². The molecule has 0 bridgehead atoms. The minimum absolute atomic E-state index is 0.00489. The van der Waals surface area contributed by atoms with E-state index in [2.05, 4.69) is 15.5 Å². The highest BCUT2D eigenvalue weighted by molar-refractivity contribution is 7.89. The quantitative estimate of drug-likeness (QED) is 0.579. The molecule has 1 fully saturated rings. The Morgan fingerprint density at radius 2 is 2.10 bits per heavy atom. The normalized spacial score (nSPS) is 15.8. The molecule has 3 heterocycles. The molecule has 0 radical (unpaired) electrons. The highest BCUT2D eigenvalue weighted by Gasteiger charge is 2.33. The van der Waals surface area contributed by atoms with Gasteiger partial charge in [-0.2, -0.15) is 9.29 Å². The SMILES string of the molecule is Cc1nc(-c2ccc(Cl)c(S(=O)(=O)N3CCC(C(=O)NCc4cccs4)CC3)c2)no1. The lowest BCUT2D eigenvalue weighted by Crippen LogP contribution is -2.42. The summed E-state index contributed by atoms with van der Waals surface area (Å²) in [6.07, 6.45) is 0.910. The van der Waals surface area contributed by atoms with Gasteiger partial charge < -0.3 is 9.84 Å². The molecule has 0 spiro atoms. The summed E-state index contributed by atoms with van der Waals surface area (Å²) in [5.74, 6) is 0.425. The molecule has 164 valence electrons. The van der Waals surface area contributed by atoms with E-state index in [9.17, 15) is 13.2 Å². The fourth-order valence-corrected chi connectivity index (χ4v) is 6.10. The van der Waals surface area contributed by atoms with Crippen LogP contribution < -0.4 is 5.32 Å². The number of aryl methyl sites for hydroxylation is 1. The van der Waals surface area contributed by atoms with Crippen molar-refractivity contribution < 1.29 is 17.7 Å². The molecule has 1 saturated heterocycles. The van der Waals surface area contributed by atoms with Crippen LogP contribution in [-0.4, -0.2) is 41.9 Å². The summed E-state index contributed by atoms with van der Waals surface area (Å²) in [7, 11) is -3.83. The number of hydrogen-bond donors (Lipinski definition) is 1. The number of amides is 1. The topological polar surface area (TPSA) is 105 Å². The maximum Gasteiger partial charge on any atom is 0.244 e. The van der Waals surface area contributed by atoms with Crippen LogP contribution in [0.4, 0.5) is 0 Å². The third-order valence-electron chi connectivity index (χ3n) is 5.18. The molecule has 11 heteroatoms. The van der Waals surface area contributed by atoms with Crippen LogP contribution in [0.15, 0.2) is 45.1 Å². The van der Waals surface area contributed by atoms with Gasteiger partial charge in [-0.1, -0.05) is 22.8 Å². The van der Waals surface area contributed by atoms with Gasteiger partial charge in [0.05, 0.1) is 11.6 Å². The van der Waals surface area contributed by atoms with E-state index in [4.69, 9.17) is 16.1 Å². The van der Waals surface area contributed by atoms with Gasteiger partial charge in [0.25, 0.3) is 0 Å². The van der Waals surface area contributed by atoms with E-state index in [0.29, 0.717) is 36.7 Å². The highest BCUT2D eigenvalue weighted by atomic mass is 35.5. The number of aromatic nitrogens is 2. The first-order valence-corrected chi connectivity index (χ1v) is 12.4. The molecule has 8 nitrogen and oxygen atoms in total. The van der Waals surface area contributed by atoms with Gasteiger partial charge in [-0.25, -0.2) is 8.42 Å². The van der Waals surface area contributed by atoms with Crippen molar-refractivity contribution in [3.63, 3.8) is 0 Å². The molecule has 0 atom stereocenters. The van der Waals surface area contributed by atoms with Crippen LogP contribution in [0.1, 0.15) is 23.6 Å². The second-order valence-corrected chi connectivity index (χ2v) is 10.6. The molecule has 1 amide bonds. The Balaban J connectivity index is 1.43. The first-order valence-electron chi connectivity index (χ1n) is 9.75. The minimum atomic E-state index is -3.83. The van der Waals surface area contributed by atoms with E-state index < -0.39 is 10.0 Å². The Labute approximate surface area is 189 Å². The smallest absolute Gasteiger partial charge is 0.244 e. The Kier molecular flexibility index (Phi) is 6.42. The third-order valence-corrected chi connectivity index (χ3v) is 8.43. The zero-order valence-corrected chi connectivity index (χ0v) is 19.1. The lowest BCUT2D eigenvalue weighted by atomic mass is 9.97. The standard InChI is InChI=1S/C20H21ClN4O4S2/c1-13-23-19(24-29-13)15-4-5-17(21)18(11-15)31(27,28)25-8-6-14(7-9-25)20(26)22-12-16-3-2-10-30-16/h2-5,10-11,14H,6-9,12H2,1H3,(H,22,26). The second kappa shape index (κ2) is 9.07. The highest BCUT2D eigenvalue weighted by Crippen LogP contribution is 2.31. The molecule has 2 aromatic heterocycles. The number of piperidine rings is 1. The molecule has 1 aromatic carbocycles. The van der Waals surface area contributed by atoms with Crippen molar-refractivity contribution in [3.05, 3.63) is 51.5 Å². The number of hydrogen-bond acceptors (Lipinski definition) is 7. The zero-order valence-electron chi connectivity index (χ0n) is 16.7. The molecule has 0 unspecified atom stereocenters. The van der Waals surface area contributed by atoms with Crippen molar-refractivity contribution in [2.45, 2.75) is 31.2 Å². The number of carbonyl (C=O) groups is 1. The average Bonchev–Trinajstić information content (AvgIpc) is 3.44. The molecule has 0 saturated carbocycles. The Morgan fingerprint density at radius 1 is 1.32 bits per heavy atom. The monoisotopic (exact) mass is 480 g/mol. The van der Waals surface area contributed by atoms with Gasteiger partial charge in [-0.05, 0) is 42.5 Å². The third kappa shape index (κ3) is 4.82. The summed E-state index contributed by atoms with van der Waals surface area (Å²) in [6.45, 7) is 2.65. The molecule has 0 aliphatic carbocycles.